The van der Waals surface area contributed by atoms with E-state index in [9.17, 15) is 0 Å². The molecule has 1 aromatic heterocycles. The molecule has 0 aliphatic heterocycles. The minimum atomic E-state index is 0.396. The summed E-state index contributed by atoms with van der Waals surface area (Å²) >= 11 is 11.3. The zero-order chi connectivity index (χ0) is 15.1. The minimum Gasteiger partial charge on any atom is -0.313 e. The molecule has 0 fully saturated rings. The molecule has 5 heteroatoms. The number of halogens is 2. The molecule has 2 aromatic rings. The third-order valence-electron chi connectivity index (χ3n) is 2.98. The molecular weight excluding hydrogens is 368 g/mol. The number of rotatable bonds is 7. The van der Waals surface area contributed by atoms with Crippen LogP contribution in [0.3, 0.4) is 0 Å². The predicted octanol–water partition coefficient (Wildman–Crippen LogP) is 4.81. The first-order valence-electron chi connectivity index (χ1n) is 6.89. The molecule has 1 atom stereocenters. The van der Waals surface area contributed by atoms with Gasteiger partial charge in [-0.2, -0.15) is 0 Å². The van der Waals surface area contributed by atoms with E-state index in [1.807, 2.05) is 42.2 Å². The average Bonchev–Trinajstić information content (AvgIpc) is 2.47. The molecule has 0 spiro atoms. The fourth-order valence-corrected chi connectivity index (χ4v) is 3.52. The Morgan fingerprint density at radius 3 is 2.86 bits per heavy atom. The Morgan fingerprint density at radius 1 is 1.33 bits per heavy atom. The Hall–Kier alpha value is -0.550. The van der Waals surface area contributed by atoms with Crippen LogP contribution < -0.4 is 5.32 Å². The van der Waals surface area contributed by atoms with E-state index in [4.69, 9.17) is 11.6 Å². The monoisotopic (exact) mass is 384 g/mol. The van der Waals surface area contributed by atoms with Gasteiger partial charge in [0.25, 0.3) is 0 Å². The average molecular weight is 386 g/mol. The van der Waals surface area contributed by atoms with Crippen LogP contribution in [0.4, 0.5) is 0 Å². The van der Waals surface area contributed by atoms with Crippen molar-refractivity contribution in [3.63, 3.8) is 0 Å². The molecule has 2 nitrogen and oxygen atoms in total. The number of nitrogens with zero attached hydrogens (tertiary/aromatic N) is 1. The van der Waals surface area contributed by atoms with Gasteiger partial charge in [-0.3, -0.25) is 4.98 Å². The highest BCUT2D eigenvalue weighted by molar-refractivity contribution is 9.10. The number of nitrogens with one attached hydrogen (secondary N) is 1. The van der Waals surface area contributed by atoms with Crippen LogP contribution >= 0.6 is 39.3 Å². The summed E-state index contributed by atoms with van der Waals surface area (Å²) in [6.45, 7) is 3.09. The van der Waals surface area contributed by atoms with Gasteiger partial charge in [-0.15, -0.1) is 11.8 Å². The Kier molecular flexibility index (Phi) is 7.04. The second kappa shape index (κ2) is 8.79. The summed E-state index contributed by atoms with van der Waals surface area (Å²) in [6.07, 6.45) is 2.77. The second-order valence-electron chi connectivity index (χ2n) is 4.69. The number of aromatic nitrogens is 1. The lowest BCUT2D eigenvalue weighted by molar-refractivity contribution is 0.566. The molecule has 0 amide bonds. The largest absolute Gasteiger partial charge is 0.313 e. The molecule has 0 saturated heterocycles. The van der Waals surface area contributed by atoms with Crippen molar-refractivity contribution in [1.82, 2.24) is 10.3 Å². The van der Waals surface area contributed by atoms with E-state index in [0.717, 1.165) is 33.9 Å². The maximum absolute atomic E-state index is 6.02. The lowest BCUT2D eigenvalue weighted by Gasteiger charge is -2.17. The lowest BCUT2D eigenvalue weighted by Crippen LogP contribution is -2.33. The topological polar surface area (TPSA) is 24.9 Å². The van der Waals surface area contributed by atoms with Gasteiger partial charge in [0.2, 0.25) is 0 Å². The normalized spacial score (nSPS) is 12.3. The van der Waals surface area contributed by atoms with Gasteiger partial charge in [-0.1, -0.05) is 24.6 Å². The molecule has 1 unspecified atom stereocenters. The molecule has 0 aliphatic carbocycles. The molecule has 1 aromatic carbocycles. The van der Waals surface area contributed by atoms with Gasteiger partial charge in [0, 0.05) is 44.5 Å². The Bertz CT molecular complexity index is 562. The summed E-state index contributed by atoms with van der Waals surface area (Å²) in [5.41, 5.74) is 1.11. The number of likely N-dealkylation sites (N-methyl/N-ethyl adjacent to an activating group) is 1. The zero-order valence-corrected chi connectivity index (χ0v) is 15.0. The molecule has 0 saturated carbocycles. The fourth-order valence-electron chi connectivity index (χ4n) is 2.01. The summed E-state index contributed by atoms with van der Waals surface area (Å²) in [6, 6.07) is 12.5. The summed E-state index contributed by atoms with van der Waals surface area (Å²) < 4.78 is 1.01. The molecule has 0 radical (unpaired) electrons. The second-order valence-corrected chi connectivity index (χ2v) is 7.14. The summed E-state index contributed by atoms with van der Waals surface area (Å²) in [5.74, 6) is 0.992. The first-order valence-corrected chi connectivity index (χ1v) is 9.05. The van der Waals surface area contributed by atoms with Crippen molar-refractivity contribution in [2.24, 2.45) is 0 Å². The Labute approximate surface area is 143 Å². The van der Waals surface area contributed by atoms with E-state index in [1.54, 1.807) is 0 Å². The van der Waals surface area contributed by atoms with Gasteiger partial charge < -0.3 is 5.32 Å². The molecule has 112 valence electrons. The van der Waals surface area contributed by atoms with Crippen LogP contribution in [0.5, 0.6) is 0 Å². The molecule has 1 N–H and O–H groups in total. The Balaban J connectivity index is 1.93. The highest BCUT2D eigenvalue weighted by atomic mass is 79.9. The molecule has 21 heavy (non-hydrogen) atoms. The van der Waals surface area contributed by atoms with Gasteiger partial charge in [-0.25, -0.2) is 0 Å². The van der Waals surface area contributed by atoms with E-state index in [2.05, 4.69) is 45.3 Å². The van der Waals surface area contributed by atoms with Crippen LogP contribution in [0.1, 0.15) is 12.6 Å². The number of hydrogen-bond donors (Lipinski definition) is 1. The van der Waals surface area contributed by atoms with Gasteiger partial charge in [-0.05, 0) is 52.8 Å². The third-order valence-corrected chi connectivity index (χ3v) is 4.84. The van der Waals surface area contributed by atoms with Crippen molar-refractivity contribution in [2.75, 3.05) is 12.3 Å². The number of pyridine rings is 1. The standard InChI is InChI=1S/C16H18BrClN2S/c1-2-19-15(9-14-7-6-12(17)10-20-14)11-21-16-5-3-4-13(18)8-16/h3-8,10,15,19H,2,9,11H2,1H3. The van der Waals surface area contributed by atoms with E-state index < -0.39 is 0 Å². The van der Waals surface area contributed by atoms with Crippen molar-refractivity contribution in [3.05, 3.63) is 57.8 Å². The van der Waals surface area contributed by atoms with Crippen LogP contribution in [0.15, 0.2) is 52.0 Å². The Morgan fingerprint density at radius 2 is 2.19 bits per heavy atom. The lowest BCUT2D eigenvalue weighted by atomic mass is 10.1. The fraction of sp³-hybridized carbons (Fsp3) is 0.312. The smallest absolute Gasteiger partial charge is 0.0420 e. The SMILES string of the molecule is CCNC(CSc1cccc(Cl)c1)Cc1ccc(Br)cn1. The minimum absolute atomic E-state index is 0.396. The van der Waals surface area contributed by atoms with Crippen LogP contribution in [0.25, 0.3) is 0 Å². The molecule has 0 aliphatic rings. The third kappa shape index (κ3) is 5.99. The van der Waals surface area contributed by atoms with Crippen LogP contribution in [0, 0.1) is 0 Å². The number of thioether (sulfide) groups is 1. The van der Waals surface area contributed by atoms with Crippen molar-refractivity contribution in [3.8, 4) is 0 Å². The summed E-state index contributed by atoms with van der Waals surface area (Å²) in [7, 11) is 0. The van der Waals surface area contributed by atoms with Crippen molar-refractivity contribution in [1.29, 1.82) is 0 Å². The van der Waals surface area contributed by atoms with E-state index in [-0.39, 0.29) is 0 Å². The van der Waals surface area contributed by atoms with Gasteiger partial charge in [0.15, 0.2) is 0 Å². The highest BCUT2D eigenvalue weighted by Crippen LogP contribution is 2.23. The first kappa shape index (κ1) is 16.8. The zero-order valence-electron chi connectivity index (χ0n) is 11.9. The van der Waals surface area contributed by atoms with Crippen molar-refractivity contribution in [2.45, 2.75) is 24.3 Å². The van der Waals surface area contributed by atoms with Gasteiger partial charge in [0.05, 0.1) is 0 Å². The maximum atomic E-state index is 6.02. The van der Waals surface area contributed by atoms with Crippen LogP contribution in [-0.4, -0.2) is 23.3 Å². The van der Waals surface area contributed by atoms with Gasteiger partial charge in [0.1, 0.15) is 0 Å². The number of benzene rings is 1. The van der Waals surface area contributed by atoms with Crippen molar-refractivity contribution >= 4 is 39.3 Å². The predicted molar refractivity (Wildman–Crippen MR) is 95.3 cm³/mol. The first-order chi connectivity index (χ1) is 10.2. The quantitative estimate of drug-likeness (QED) is 0.692. The summed E-state index contributed by atoms with van der Waals surface area (Å²) in [4.78, 5) is 5.66. The van der Waals surface area contributed by atoms with E-state index in [0.29, 0.717) is 6.04 Å². The number of hydrogen-bond acceptors (Lipinski definition) is 3. The van der Waals surface area contributed by atoms with Crippen LogP contribution in [0.2, 0.25) is 5.02 Å². The molecular formula is C16H18BrClN2S. The molecule has 2 rings (SSSR count). The van der Waals surface area contributed by atoms with Crippen molar-refractivity contribution < 1.29 is 0 Å². The van der Waals surface area contributed by atoms with E-state index in [1.165, 1.54) is 4.90 Å². The molecule has 0 bridgehead atoms. The summed E-state index contributed by atoms with van der Waals surface area (Å²) in [5, 5.41) is 4.31. The molecule has 1 heterocycles. The van der Waals surface area contributed by atoms with Gasteiger partial charge >= 0.3 is 0 Å². The maximum Gasteiger partial charge on any atom is 0.0420 e. The van der Waals surface area contributed by atoms with Crippen LogP contribution in [-0.2, 0) is 6.42 Å². The highest BCUT2D eigenvalue weighted by Gasteiger charge is 2.10. The van der Waals surface area contributed by atoms with E-state index >= 15 is 0 Å².